The van der Waals surface area contributed by atoms with Crippen LogP contribution in [0.3, 0.4) is 0 Å². The third-order valence-electron chi connectivity index (χ3n) is 3.46. The second kappa shape index (κ2) is 6.83. The molecule has 5 nitrogen and oxygen atoms in total. The molecule has 1 fully saturated rings. The Bertz CT molecular complexity index is 667. The first-order chi connectivity index (χ1) is 10.7. The summed E-state index contributed by atoms with van der Waals surface area (Å²) in [6.07, 6.45) is 2.40. The van der Waals surface area contributed by atoms with E-state index in [-0.39, 0.29) is 5.91 Å². The molecule has 1 N–H and O–H groups in total. The average Bonchev–Trinajstić information content (AvgIpc) is 3.27. The van der Waals surface area contributed by atoms with Crippen molar-refractivity contribution in [3.8, 4) is 0 Å². The van der Waals surface area contributed by atoms with E-state index in [0.717, 1.165) is 27.7 Å². The van der Waals surface area contributed by atoms with Gasteiger partial charge in [-0.1, -0.05) is 27.7 Å². The van der Waals surface area contributed by atoms with E-state index >= 15 is 0 Å². The van der Waals surface area contributed by atoms with E-state index in [1.807, 2.05) is 24.3 Å². The van der Waals surface area contributed by atoms with E-state index in [9.17, 15) is 4.79 Å². The summed E-state index contributed by atoms with van der Waals surface area (Å²) in [5.74, 6) is 1.93. The van der Waals surface area contributed by atoms with Gasteiger partial charge in [0.25, 0.3) is 0 Å². The number of carbonyl (C=O) groups excluding carboxylic acids is 1. The van der Waals surface area contributed by atoms with Crippen molar-refractivity contribution >= 4 is 39.3 Å². The molecular weight excluding hydrogens is 364 g/mol. The van der Waals surface area contributed by atoms with Gasteiger partial charge in [-0.3, -0.25) is 4.79 Å². The summed E-state index contributed by atoms with van der Waals surface area (Å²) in [5, 5.41) is 12.2. The van der Waals surface area contributed by atoms with Crippen molar-refractivity contribution < 1.29 is 4.79 Å². The van der Waals surface area contributed by atoms with E-state index in [0.29, 0.717) is 11.7 Å². The SMILES string of the molecule is CCn1c(SCC(=O)Nc2ccc(Br)cc2)nnc1C1CC1. The first-order valence-electron chi connectivity index (χ1n) is 7.28. The van der Waals surface area contributed by atoms with Crippen molar-refractivity contribution in [2.75, 3.05) is 11.1 Å². The summed E-state index contributed by atoms with van der Waals surface area (Å²) >= 11 is 4.81. The van der Waals surface area contributed by atoms with Crippen molar-refractivity contribution in [1.29, 1.82) is 0 Å². The third kappa shape index (κ3) is 3.70. The second-order valence-corrected chi connectivity index (χ2v) is 7.06. The van der Waals surface area contributed by atoms with Gasteiger partial charge in [-0.05, 0) is 44.0 Å². The van der Waals surface area contributed by atoms with Crippen LogP contribution in [0.2, 0.25) is 0 Å². The Balaban J connectivity index is 1.57. The van der Waals surface area contributed by atoms with Crippen LogP contribution in [0, 0.1) is 0 Å². The van der Waals surface area contributed by atoms with Gasteiger partial charge in [-0.25, -0.2) is 0 Å². The van der Waals surface area contributed by atoms with Gasteiger partial charge in [0.15, 0.2) is 5.16 Å². The zero-order valence-corrected chi connectivity index (χ0v) is 14.7. The van der Waals surface area contributed by atoms with Gasteiger partial charge in [0.05, 0.1) is 5.75 Å². The number of nitrogens with zero attached hydrogens (tertiary/aromatic N) is 3. The molecule has 1 aliphatic carbocycles. The number of thioether (sulfide) groups is 1. The Morgan fingerprint density at radius 3 is 2.73 bits per heavy atom. The quantitative estimate of drug-likeness (QED) is 0.776. The number of nitrogens with one attached hydrogen (secondary N) is 1. The molecule has 1 heterocycles. The average molecular weight is 381 g/mol. The minimum Gasteiger partial charge on any atom is -0.325 e. The standard InChI is InChI=1S/C15H17BrN4OS/c1-2-20-14(10-3-4-10)18-19-15(20)22-9-13(21)17-12-7-5-11(16)6-8-12/h5-8,10H,2-4,9H2,1H3,(H,17,21). The Kier molecular flexibility index (Phi) is 4.83. The largest absolute Gasteiger partial charge is 0.325 e. The van der Waals surface area contributed by atoms with Gasteiger partial charge in [0, 0.05) is 22.6 Å². The van der Waals surface area contributed by atoms with Crippen LogP contribution in [0.4, 0.5) is 5.69 Å². The first kappa shape index (κ1) is 15.6. The van der Waals surface area contributed by atoms with Crippen LogP contribution in [-0.4, -0.2) is 26.4 Å². The molecule has 0 aliphatic heterocycles. The van der Waals surface area contributed by atoms with E-state index in [1.165, 1.54) is 24.6 Å². The molecule has 0 atom stereocenters. The van der Waals surface area contributed by atoms with Gasteiger partial charge in [0.2, 0.25) is 5.91 Å². The van der Waals surface area contributed by atoms with E-state index in [2.05, 4.69) is 42.9 Å². The molecule has 3 rings (SSSR count). The van der Waals surface area contributed by atoms with E-state index in [1.54, 1.807) is 0 Å². The maximum absolute atomic E-state index is 12.0. The molecule has 7 heteroatoms. The summed E-state index contributed by atoms with van der Waals surface area (Å²) in [4.78, 5) is 12.0. The van der Waals surface area contributed by atoms with Gasteiger partial charge in [0.1, 0.15) is 5.82 Å². The van der Waals surface area contributed by atoms with Crippen molar-refractivity contribution in [2.45, 2.75) is 37.4 Å². The number of carbonyl (C=O) groups is 1. The molecule has 1 aliphatic rings. The van der Waals surface area contributed by atoms with Crippen LogP contribution >= 0.6 is 27.7 Å². The van der Waals surface area contributed by atoms with Crippen LogP contribution in [0.1, 0.15) is 31.5 Å². The maximum Gasteiger partial charge on any atom is 0.234 e. The number of amides is 1. The maximum atomic E-state index is 12.0. The lowest BCUT2D eigenvalue weighted by Crippen LogP contribution is -2.14. The second-order valence-electron chi connectivity index (χ2n) is 5.20. The fourth-order valence-electron chi connectivity index (χ4n) is 2.21. The molecule has 1 amide bonds. The Hall–Kier alpha value is -1.34. The van der Waals surface area contributed by atoms with Crippen molar-refractivity contribution in [3.63, 3.8) is 0 Å². The van der Waals surface area contributed by atoms with Crippen molar-refractivity contribution in [2.24, 2.45) is 0 Å². The molecule has 0 bridgehead atoms. The number of aromatic nitrogens is 3. The van der Waals surface area contributed by atoms with Crippen LogP contribution in [0.5, 0.6) is 0 Å². The third-order valence-corrected chi connectivity index (χ3v) is 4.96. The summed E-state index contributed by atoms with van der Waals surface area (Å²) in [6, 6.07) is 7.54. The van der Waals surface area contributed by atoms with Crippen LogP contribution in [0.15, 0.2) is 33.9 Å². The molecule has 2 aromatic rings. The molecule has 0 unspecified atom stereocenters. The summed E-state index contributed by atoms with van der Waals surface area (Å²) in [6.45, 7) is 2.93. The highest BCUT2D eigenvalue weighted by molar-refractivity contribution is 9.10. The lowest BCUT2D eigenvalue weighted by molar-refractivity contribution is -0.113. The Labute approximate surface area is 142 Å². The van der Waals surface area contributed by atoms with Gasteiger partial charge < -0.3 is 9.88 Å². The van der Waals surface area contributed by atoms with E-state index in [4.69, 9.17) is 0 Å². The fraction of sp³-hybridized carbons (Fsp3) is 0.400. The van der Waals surface area contributed by atoms with Crippen LogP contribution < -0.4 is 5.32 Å². The monoisotopic (exact) mass is 380 g/mol. The van der Waals surface area contributed by atoms with Gasteiger partial charge in [-0.2, -0.15) is 0 Å². The smallest absolute Gasteiger partial charge is 0.234 e. The normalized spacial score (nSPS) is 14.1. The number of halogens is 1. The van der Waals surface area contributed by atoms with E-state index < -0.39 is 0 Å². The topological polar surface area (TPSA) is 59.8 Å². The molecular formula is C15H17BrN4OS. The highest BCUT2D eigenvalue weighted by Gasteiger charge is 2.30. The fourth-order valence-corrected chi connectivity index (χ4v) is 3.28. The number of anilines is 1. The summed E-state index contributed by atoms with van der Waals surface area (Å²) in [7, 11) is 0. The Morgan fingerprint density at radius 1 is 1.36 bits per heavy atom. The predicted molar refractivity (Wildman–Crippen MR) is 91.2 cm³/mol. The van der Waals surface area contributed by atoms with Crippen molar-refractivity contribution in [3.05, 3.63) is 34.6 Å². The lowest BCUT2D eigenvalue weighted by atomic mass is 10.3. The predicted octanol–water partition coefficient (Wildman–Crippen LogP) is 3.67. The van der Waals surface area contributed by atoms with Crippen LogP contribution in [-0.2, 0) is 11.3 Å². The van der Waals surface area contributed by atoms with Gasteiger partial charge >= 0.3 is 0 Å². The molecule has 1 saturated carbocycles. The molecule has 1 aromatic heterocycles. The zero-order chi connectivity index (χ0) is 15.5. The molecule has 0 spiro atoms. The highest BCUT2D eigenvalue weighted by Crippen LogP contribution is 2.39. The minimum absolute atomic E-state index is 0.0362. The number of rotatable bonds is 6. The van der Waals surface area contributed by atoms with Gasteiger partial charge in [-0.15, -0.1) is 10.2 Å². The van der Waals surface area contributed by atoms with Crippen molar-refractivity contribution in [1.82, 2.24) is 14.8 Å². The molecule has 1 aromatic carbocycles. The molecule has 22 heavy (non-hydrogen) atoms. The molecule has 0 radical (unpaired) electrons. The number of benzene rings is 1. The zero-order valence-electron chi connectivity index (χ0n) is 12.3. The number of hydrogen-bond acceptors (Lipinski definition) is 4. The van der Waals surface area contributed by atoms with Crippen LogP contribution in [0.25, 0.3) is 0 Å². The highest BCUT2D eigenvalue weighted by atomic mass is 79.9. The summed E-state index contributed by atoms with van der Waals surface area (Å²) in [5.41, 5.74) is 0.796. The minimum atomic E-state index is -0.0362. The first-order valence-corrected chi connectivity index (χ1v) is 9.06. The number of hydrogen-bond donors (Lipinski definition) is 1. The molecule has 116 valence electrons. The molecule has 0 saturated heterocycles. The lowest BCUT2D eigenvalue weighted by Gasteiger charge is -2.07. The Morgan fingerprint density at radius 2 is 2.09 bits per heavy atom. The summed E-state index contributed by atoms with van der Waals surface area (Å²) < 4.78 is 3.11.